The second kappa shape index (κ2) is 5.92. The molecule has 1 N–H and O–H groups in total. The summed E-state index contributed by atoms with van der Waals surface area (Å²) in [7, 11) is 0. The smallest absolute Gasteiger partial charge is 0.262 e. The molecule has 2 rings (SSSR count). The van der Waals surface area contributed by atoms with Crippen LogP contribution in [-0.2, 0) is 0 Å². The summed E-state index contributed by atoms with van der Waals surface area (Å²) in [5.41, 5.74) is 0.717. The van der Waals surface area contributed by atoms with Crippen molar-refractivity contribution in [2.24, 2.45) is 0 Å². The molecule has 0 saturated carbocycles. The van der Waals surface area contributed by atoms with Crippen LogP contribution in [0.3, 0.4) is 0 Å². The second-order valence-corrected chi connectivity index (χ2v) is 4.62. The lowest BCUT2D eigenvalue weighted by Crippen LogP contribution is -2.30. The Bertz CT molecular complexity index is 628. The fourth-order valence-corrected chi connectivity index (χ4v) is 2.06. The van der Waals surface area contributed by atoms with E-state index >= 15 is 0 Å². The van der Waals surface area contributed by atoms with Crippen LogP contribution in [0, 0.1) is 5.82 Å². The lowest BCUT2D eigenvalue weighted by atomic mass is 10.1. The molecule has 0 unspecified atom stereocenters. The first-order valence-electron chi connectivity index (χ1n) is 6.09. The number of hydrogen-bond acceptors (Lipinski definition) is 2. The minimum absolute atomic E-state index is 0.153. The lowest BCUT2D eigenvalue weighted by molar-refractivity contribution is 0.0985. The van der Waals surface area contributed by atoms with E-state index in [0.717, 1.165) is 0 Å². The highest BCUT2D eigenvalue weighted by atomic mass is 35.5. The predicted molar refractivity (Wildman–Crippen MR) is 76.9 cm³/mol. The van der Waals surface area contributed by atoms with Crippen molar-refractivity contribution in [3.63, 3.8) is 0 Å². The molecule has 0 aliphatic rings. The van der Waals surface area contributed by atoms with Crippen LogP contribution in [-0.4, -0.2) is 17.6 Å². The molecule has 20 heavy (non-hydrogen) atoms. The fourth-order valence-electron chi connectivity index (χ4n) is 1.90. The Kier molecular flexibility index (Phi) is 4.25. The van der Waals surface area contributed by atoms with Crippen molar-refractivity contribution < 1.29 is 14.3 Å². The Morgan fingerprint density at radius 1 is 1.25 bits per heavy atom. The number of benzene rings is 2. The van der Waals surface area contributed by atoms with Crippen LogP contribution in [0.1, 0.15) is 17.3 Å². The van der Waals surface area contributed by atoms with E-state index in [-0.39, 0.29) is 23.0 Å². The van der Waals surface area contributed by atoms with Gasteiger partial charge in [-0.05, 0) is 49.4 Å². The summed E-state index contributed by atoms with van der Waals surface area (Å²) in [4.78, 5) is 13.9. The molecule has 0 aromatic heterocycles. The maximum Gasteiger partial charge on any atom is 0.262 e. The highest BCUT2D eigenvalue weighted by molar-refractivity contribution is 6.31. The SMILES string of the molecule is CCN(C(=O)c1ccc(Cl)cc1O)c1ccc(F)cc1. The third kappa shape index (κ3) is 2.91. The van der Waals surface area contributed by atoms with Crippen molar-refractivity contribution >= 4 is 23.2 Å². The van der Waals surface area contributed by atoms with Crippen LogP contribution in [0.5, 0.6) is 5.75 Å². The molecule has 0 radical (unpaired) electrons. The topological polar surface area (TPSA) is 40.5 Å². The van der Waals surface area contributed by atoms with Gasteiger partial charge >= 0.3 is 0 Å². The lowest BCUT2D eigenvalue weighted by Gasteiger charge is -2.21. The van der Waals surface area contributed by atoms with Gasteiger partial charge in [0, 0.05) is 17.3 Å². The summed E-state index contributed by atoms with van der Waals surface area (Å²) in [5.74, 6) is -0.914. The highest BCUT2D eigenvalue weighted by Crippen LogP contribution is 2.25. The van der Waals surface area contributed by atoms with Crippen LogP contribution in [0.25, 0.3) is 0 Å². The number of phenols is 1. The quantitative estimate of drug-likeness (QED) is 0.934. The Morgan fingerprint density at radius 2 is 1.90 bits per heavy atom. The predicted octanol–water partition coefficient (Wildman–Crippen LogP) is 3.85. The van der Waals surface area contributed by atoms with Gasteiger partial charge in [-0.1, -0.05) is 11.6 Å². The van der Waals surface area contributed by atoms with Gasteiger partial charge in [0.05, 0.1) is 5.56 Å². The number of phenolic OH excluding ortho intramolecular Hbond substituents is 1. The maximum absolute atomic E-state index is 12.9. The van der Waals surface area contributed by atoms with Gasteiger partial charge in [0.15, 0.2) is 0 Å². The van der Waals surface area contributed by atoms with E-state index in [9.17, 15) is 14.3 Å². The van der Waals surface area contributed by atoms with Gasteiger partial charge in [0.25, 0.3) is 5.91 Å². The van der Waals surface area contributed by atoms with Crippen LogP contribution in [0.2, 0.25) is 5.02 Å². The van der Waals surface area contributed by atoms with Gasteiger partial charge in [-0.15, -0.1) is 0 Å². The maximum atomic E-state index is 12.9. The zero-order valence-electron chi connectivity index (χ0n) is 10.8. The fraction of sp³-hybridized carbons (Fsp3) is 0.133. The summed E-state index contributed by atoms with van der Waals surface area (Å²) in [6.07, 6.45) is 0. The first kappa shape index (κ1) is 14.3. The summed E-state index contributed by atoms with van der Waals surface area (Å²) in [5, 5.41) is 10.2. The Balaban J connectivity index is 2.36. The molecule has 5 heteroatoms. The van der Waals surface area contributed by atoms with Crippen molar-refractivity contribution in [2.75, 3.05) is 11.4 Å². The molecule has 0 heterocycles. The number of aromatic hydroxyl groups is 1. The number of rotatable bonds is 3. The first-order valence-corrected chi connectivity index (χ1v) is 6.46. The molecule has 0 bridgehead atoms. The van der Waals surface area contributed by atoms with E-state index in [0.29, 0.717) is 17.3 Å². The number of halogens is 2. The average molecular weight is 294 g/mol. The standard InChI is InChI=1S/C15H13ClFNO2/c1-2-18(12-6-4-11(17)5-7-12)15(20)13-8-3-10(16)9-14(13)19/h3-9,19H,2H2,1H3. The van der Waals surface area contributed by atoms with Gasteiger partial charge in [-0.25, -0.2) is 4.39 Å². The van der Waals surface area contributed by atoms with Crippen LogP contribution >= 0.6 is 11.6 Å². The summed E-state index contributed by atoms with van der Waals surface area (Å²) in [6, 6.07) is 9.92. The van der Waals surface area contributed by atoms with Gasteiger partial charge in [0.2, 0.25) is 0 Å². The number of hydrogen-bond donors (Lipinski definition) is 1. The molecule has 3 nitrogen and oxygen atoms in total. The van der Waals surface area contributed by atoms with E-state index in [1.807, 2.05) is 0 Å². The van der Waals surface area contributed by atoms with E-state index in [2.05, 4.69) is 0 Å². The van der Waals surface area contributed by atoms with Crippen LogP contribution < -0.4 is 4.90 Å². The minimum atomic E-state index is -0.369. The largest absolute Gasteiger partial charge is 0.507 e. The van der Waals surface area contributed by atoms with Crippen LogP contribution in [0.15, 0.2) is 42.5 Å². The van der Waals surface area contributed by atoms with E-state index in [1.165, 1.54) is 47.4 Å². The molecular weight excluding hydrogens is 281 g/mol. The summed E-state index contributed by atoms with van der Waals surface area (Å²) in [6.45, 7) is 2.20. The third-order valence-electron chi connectivity index (χ3n) is 2.89. The molecule has 0 saturated heterocycles. The number of anilines is 1. The highest BCUT2D eigenvalue weighted by Gasteiger charge is 2.19. The monoisotopic (exact) mass is 293 g/mol. The van der Waals surface area contributed by atoms with E-state index < -0.39 is 0 Å². The number of carbonyl (C=O) groups is 1. The molecule has 0 fully saturated rings. The molecule has 2 aromatic rings. The van der Waals surface area contributed by atoms with Gasteiger partial charge in [-0.2, -0.15) is 0 Å². The van der Waals surface area contributed by atoms with Crippen molar-refractivity contribution in [3.8, 4) is 5.75 Å². The molecule has 1 amide bonds. The molecule has 0 spiro atoms. The first-order chi connectivity index (χ1) is 9.52. The second-order valence-electron chi connectivity index (χ2n) is 4.19. The molecule has 0 aliphatic carbocycles. The van der Waals surface area contributed by atoms with E-state index in [1.54, 1.807) is 6.92 Å². The third-order valence-corrected chi connectivity index (χ3v) is 3.12. The van der Waals surface area contributed by atoms with E-state index in [4.69, 9.17) is 11.6 Å². The van der Waals surface area contributed by atoms with Crippen molar-refractivity contribution in [1.29, 1.82) is 0 Å². The summed E-state index contributed by atoms with van der Waals surface area (Å²) < 4.78 is 12.9. The zero-order valence-corrected chi connectivity index (χ0v) is 11.6. The normalized spacial score (nSPS) is 10.3. The summed E-state index contributed by atoms with van der Waals surface area (Å²) >= 11 is 5.74. The van der Waals surface area contributed by atoms with Crippen molar-refractivity contribution in [3.05, 3.63) is 58.9 Å². The Hall–Kier alpha value is -2.07. The van der Waals surface area contributed by atoms with Gasteiger partial charge in [0.1, 0.15) is 11.6 Å². The Morgan fingerprint density at radius 3 is 2.45 bits per heavy atom. The van der Waals surface area contributed by atoms with Crippen LogP contribution in [0.4, 0.5) is 10.1 Å². The molecule has 0 atom stereocenters. The average Bonchev–Trinajstić information content (AvgIpc) is 2.41. The molecule has 104 valence electrons. The molecular formula is C15H13ClFNO2. The number of amides is 1. The van der Waals surface area contributed by atoms with Crippen molar-refractivity contribution in [2.45, 2.75) is 6.92 Å². The Labute approximate surface area is 121 Å². The van der Waals surface area contributed by atoms with Gasteiger partial charge < -0.3 is 10.0 Å². The minimum Gasteiger partial charge on any atom is -0.507 e. The molecule has 0 aliphatic heterocycles. The number of carbonyl (C=O) groups excluding carboxylic acids is 1. The zero-order chi connectivity index (χ0) is 14.7. The van der Waals surface area contributed by atoms with Crippen molar-refractivity contribution in [1.82, 2.24) is 0 Å². The number of nitrogens with zero attached hydrogens (tertiary/aromatic N) is 1. The van der Waals surface area contributed by atoms with Gasteiger partial charge in [-0.3, -0.25) is 4.79 Å². The molecule has 2 aromatic carbocycles.